The minimum absolute atomic E-state index is 0.0716. The third-order valence-corrected chi connectivity index (χ3v) is 12.9. The molecule has 2 amide bonds. The number of benzene rings is 4. The van der Waals surface area contributed by atoms with Gasteiger partial charge in [0.25, 0.3) is 11.8 Å². The summed E-state index contributed by atoms with van der Waals surface area (Å²) in [4.78, 5) is 34.0. The summed E-state index contributed by atoms with van der Waals surface area (Å²) in [6.45, 7) is 6.09. The lowest BCUT2D eigenvalue weighted by Crippen LogP contribution is -2.36. The fourth-order valence-electron chi connectivity index (χ4n) is 5.98. The SMILES string of the molecule is C[Si](C)(C)c1cc(-c2nc(NC(=O)c3c(F)cccc3F)sc2-c2cccc(C(F)(F)F)c2)no1.O=C(Nc1nc(-c2ccon2)c(-c2cccc(C(F)(F)F)c2)s1)c1c(F)cccc1F. The summed E-state index contributed by atoms with van der Waals surface area (Å²) >= 11 is 1.68. The predicted molar refractivity (Wildman–Crippen MR) is 228 cm³/mol. The fourth-order valence-corrected chi connectivity index (χ4v) is 8.80. The standard InChI is InChI=1S/C23H18F5N3O2SSi.C20H10F5N3O2S/c1-35(2,3)17-11-16(31-33-17)19-20(12-6-4-7-13(10-12)23(26,27)28)34-22(29-19)30-21(32)18-14(24)8-5-9-15(18)25;21-12-5-2-6-13(22)15(12)18(29)27-19-26-16(14-7-8-30-28-14)17(31-19)10-3-1-4-11(9-10)20(23,24)25/h4-11H,1-3H3,(H,29,30,32);1-9H,(H,26,27,29). The number of nitrogens with one attached hydrogen (secondary N) is 2. The van der Waals surface area contributed by atoms with Crippen LogP contribution in [0.25, 0.3) is 43.7 Å². The number of anilines is 2. The van der Waals surface area contributed by atoms with Crippen molar-refractivity contribution in [3.05, 3.63) is 149 Å². The van der Waals surface area contributed by atoms with E-state index in [2.05, 4.69) is 30.9 Å². The van der Waals surface area contributed by atoms with Crippen molar-refractivity contribution >= 4 is 58.2 Å². The molecular weight excluding hydrogens is 947 g/mol. The van der Waals surface area contributed by atoms with Crippen LogP contribution in [0.5, 0.6) is 0 Å². The van der Waals surface area contributed by atoms with Crippen molar-refractivity contribution in [1.82, 2.24) is 20.3 Å². The summed E-state index contributed by atoms with van der Waals surface area (Å²) in [5.41, 5.74) is -2.20. The van der Waals surface area contributed by atoms with Crippen molar-refractivity contribution in [3.8, 4) is 43.7 Å². The summed E-state index contributed by atoms with van der Waals surface area (Å²) in [5, 5.41) is 12.9. The first-order chi connectivity index (χ1) is 31.1. The van der Waals surface area contributed by atoms with E-state index < -0.39 is 77.8 Å². The Morgan fingerprint density at radius 2 is 1.00 bits per heavy atom. The van der Waals surface area contributed by atoms with Crippen LogP contribution in [-0.4, -0.2) is 40.2 Å². The molecule has 4 heterocycles. The van der Waals surface area contributed by atoms with Gasteiger partial charge >= 0.3 is 12.4 Å². The van der Waals surface area contributed by atoms with Gasteiger partial charge in [0.1, 0.15) is 76.9 Å². The van der Waals surface area contributed by atoms with Gasteiger partial charge in [-0.1, -0.05) is 89.0 Å². The summed E-state index contributed by atoms with van der Waals surface area (Å²) in [6, 6.07) is 18.2. The minimum atomic E-state index is -4.57. The number of rotatable bonds is 9. The number of carbonyl (C=O) groups excluding carboxylic acids is 2. The number of hydrogen-bond donors (Lipinski definition) is 2. The molecule has 0 atom stereocenters. The van der Waals surface area contributed by atoms with Gasteiger partial charge in [0.2, 0.25) is 0 Å². The van der Waals surface area contributed by atoms with E-state index in [4.69, 9.17) is 9.05 Å². The van der Waals surface area contributed by atoms with E-state index in [9.17, 15) is 53.5 Å². The molecule has 2 N–H and O–H groups in total. The molecule has 0 aliphatic heterocycles. The lowest BCUT2D eigenvalue weighted by Gasteiger charge is -2.09. The first-order valence-corrected chi connectivity index (χ1v) is 24.0. The molecule has 0 bridgehead atoms. The molecule has 0 aliphatic rings. The summed E-state index contributed by atoms with van der Waals surface area (Å²) in [7, 11) is -1.91. The van der Waals surface area contributed by atoms with E-state index in [0.717, 1.165) is 83.3 Å². The lowest BCUT2D eigenvalue weighted by atomic mass is 10.1. The fraction of sp³-hybridized carbons (Fsp3) is 0.116. The van der Waals surface area contributed by atoms with Crippen LogP contribution in [0.4, 0.5) is 54.2 Å². The van der Waals surface area contributed by atoms with Crippen LogP contribution in [0.3, 0.4) is 0 Å². The van der Waals surface area contributed by atoms with Gasteiger partial charge in [0.15, 0.2) is 10.3 Å². The first kappa shape index (κ1) is 47.0. The highest BCUT2D eigenvalue weighted by Crippen LogP contribution is 2.42. The normalized spacial score (nSPS) is 11.8. The third-order valence-electron chi connectivity index (χ3n) is 9.15. The second kappa shape index (κ2) is 18.5. The number of aromatic nitrogens is 4. The van der Waals surface area contributed by atoms with Crippen LogP contribution in [0.2, 0.25) is 19.6 Å². The average molecular weight is 975 g/mol. The Morgan fingerprint density at radius 1 is 0.576 bits per heavy atom. The van der Waals surface area contributed by atoms with Crippen molar-refractivity contribution in [2.45, 2.75) is 32.0 Å². The summed E-state index contributed by atoms with van der Waals surface area (Å²) in [6.07, 6.45) is -7.88. The molecule has 0 saturated carbocycles. The molecule has 8 rings (SSSR count). The Hall–Kier alpha value is -6.98. The molecule has 4 aromatic heterocycles. The molecule has 0 spiro atoms. The first-order valence-electron chi connectivity index (χ1n) is 18.8. The van der Waals surface area contributed by atoms with Crippen molar-refractivity contribution in [2.24, 2.45) is 0 Å². The monoisotopic (exact) mass is 974 g/mol. The van der Waals surface area contributed by atoms with Crippen LogP contribution in [0.15, 0.2) is 112 Å². The van der Waals surface area contributed by atoms with Gasteiger partial charge in [0, 0.05) is 12.1 Å². The summed E-state index contributed by atoms with van der Waals surface area (Å²) < 4.78 is 145. The maximum Gasteiger partial charge on any atom is 0.416 e. The topological polar surface area (TPSA) is 136 Å². The molecule has 0 saturated heterocycles. The van der Waals surface area contributed by atoms with Gasteiger partial charge < -0.3 is 9.05 Å². The van der Waals surface area contributed by atoms with Crippen LogP contribution in [0, 0.1) is 23.3 Å². The van der Waals surface area contributed by atoms with Crippen LogP contribution < -0.4 is 16.0 Å². The van der Waals surface area contributed by atoms with Crippen molar-refractivity contribution < 1.29 is 62.5 Å². The van der Waals surface area contributed by atoms with E-state index in [1.807, 2.05) is 19.6 Å². The Balaban J connectivity index is 0.000000198. The van der Waals surface area contributed by atoms with Gasteiger partial charge in [-0.05, 0) is 59.7 Å². The Kier molecular flexibility index (Phi) is 13.2. The Bertz CT molecular complexity index is 3030. The minimum Gasteiger partial charge on any atom is -0.366 e. The van der Waals surface area contributed by atoms with E-state index in [1.165, 1.54) is 36.6 Å². The number of thiazole rings is 2. The molecular formula is C43H28F10N6O4S2Si. The molecule has 8 aromatic rings. The van der Waals surface area contributed by atoms with E-state index >= 15 is 0 Å². The molecule has 340 valence electrons. The second-order valence-corrected chi connectivity index (χ2v) is 21.9. The van der Waals surface area contributed by atoms with Gasteiger partial charge in [-0.2, -0.15) is 26.3 Å². The second-order valence-electron chi connectivity index (χ2n) is 14.9. The molecule has 4 aromatic carbocycles. The lowest BCUT2D eigenvalue weighted by molar-refractivity contribution is -0.138. The molecule has 23 heteroatoms. The quantitative estimate of drug-likeness (QED) is 0.108. The van der Waals surface area contributed by atoms with E-state index in [1.54, 1.807) is 6.07 Å². The zero-order chi connectivity index (χ0) is 47.7. The average Bonchev–Trinajstić information content (AvgIpc) is 4.08. The Labute approximate surface area is 375 Å². The molecule has 0 aliphatic carbocycles. The van der Waals surface area contributed by atoms with Crippen LogP contribution in [-0.2, 0) is 12.4 Å². The highest BCUT2D eigenvalue weighted by molar-refractivity contribution is 7.20. The van der Waals surface area contributed by atoms with Gasteiger partial charge in [-0.25, -0.2) is 27.5 Å². The third kappa shape index (κ3) is 10.4. The number of nitrogens with zero attached hydrogens (tertiary/aromatic N) is 4. The van der Waals surface area contributed by atoms with Gasteiger partial charge in [-0.15, -0.1) is 0 Å². The zero-order valence-corrected chi connectivity index (χ0v) is 36.5. The number of amides is 2. The number of carbonyl (C=O) groups is 2. The van der Waals surface area contributed by atoms with Crippen LogP contribution >= 0.6 is 22.7 Å². The van der Waals surface area contributed by atoms with Crippen molar-refractivity contribution in [2.75, 3.05) is 10.6 Å². The number of alkyl halides is 6. The molecule has 0 fully saturated rings. The van der Waals surface area contributed by atoms with Crippen LogP contribution in [0.1, 0.15) is 31.8 Å². The summed E-state index contributed by atoms with van der Waals surface area (Å²) in [5.74, 6) is -6.43. The zero-order valence-electron chi connectivity index (χ0n) is 33.8. The number of halogens is 10. The molecule has 0 unspecified atom stereocenters. The molecule has 0 radical (unpaired) electrons. The van der Waals surface area contributed by atoms with Gasteiger partial charge in [-0.3, -0.25) is 20.2 Å². The largest absolute Gasteiger partial charge is 0.416 e. The molecule has 10 nitrogen and oxygen atoms in total. The van der Waals surface area contributed by atoms with E-state index in [0.29, 0.717) is 5.38 Å². The van der Waals surface area contributed by atoms with Gasteiger partial charge in [0.05, 0.1) is 20.9 Å². The maximum absolute atomic E-state index is 14.0. The number of hydrogen-bond acceptors (Lipinski definition) is 10. The highest BCUT2D eigenvalue weighted by atomic mass is 32.1. The van der Waals surface area contributed by atoms with Crippen molar-refractivity contribution in [3.63, 3.8) is 0 Å². The van der Waals surface area contributed by atoms with E-state index in [-0.39, 0.29) is 53.9 Å². The maximum atomic E-state index is 14.0. The predicted octanol–water partition coefficient (Wildman–Crippen LogP) is 12.6. The van der Waals surface area contributed by atoms with Crippen molar-refractivity contribution in [1.29, 1.82) is 0 Å². The highest BCUT2D eigenvalue weighted by Gasteiger charge is 2.33. The Morgan fingerprint density at radius 3 is 1.38 bits per heavy atom. The molecule has 66 heavy (non-hydrogen) atoms. The smallest absolute Gasteiger partial charge is 0.366 e.